The van der Waals surface area contributed by atoms with Gasteiger partial charge in [-0.3, -0.25) is 4.98 Å². The second kappa shape index (κ2) is 4.79. The van der Waals surface area contributed by atoms with Gasteiger partial charge in [-0.15, -0.1) is 0 Å². The molecule has 16 heavy (non-hydrogen) atoms. The lowest BCUT2D eigenvalue weighted by atomic mass is 10.1. The van der Waals surface area contributed by atoms with Crippen LogP contribution in [0, 0.1) is 0 Å². The molecule has 0 aliphatic rings. The van der Waals surface area contributed by atoms with Crippen molar-refractivity contribution in [1.82, 2.24) is 4.98 Å². The van der Waals surface area contributed by atoms with Crippen molar-refractivity contribution in [2.24, 2.45) is 0 Å². The summed E-state index contributed by atoms with van der Waals surface area (Å²) < 4.78 is 5.66. The van der Waals surface area contributed by atoms with Crippen molar-refractivity contribution in [3.63, 3.8) is 0 Å². The molecule has 0 unspecified atom stereocenters. The molecule has 1 heterocycles. The van der Waals surface area contributed by atoms with E-state index in [1.165, 1.54) is 0 Å². The quantitative estimate of drug-likeness (QED) is 0.778. The Bertz CT molecular complexity index is 451. The maximum atomic E-state index is 5.66. The highest BCUT2D eigenvalue weighted by Gasteiger charge is 2.01. The van der Waals surface area contributed by atoms with E-state index in [2.05, 4.69) is 11.1 Å². The Morgan fingerprint density at radius 1 is 1.06 bits per heavy atom. The first-order chi connectivity index (χ1) is 7.75. The topological polar surface area (TPSA) is 22.1 Å². The van der Waals surface area contributed by atoms with Gasteiger partial charge in [0.2, 0.25) is 0 Å². The normalized spacial score (nSPS) is 10.4. The first-order valence-corrected chi connectivity index (χ1v) is 5.43. The first kappa shape index (κ1) is 10.7. The van der Waals surface area contributed by atoms with E-state index in [-0.39, 0.29) is 6.10 Å². The van der Waals surface area contributed by atoms with Crippen LogP contribution >= 0.6 is 0 Å². The fraction of sp³-hybridized carbons (Fsp3) is 0.214. The third-order valence-corrected chi connectivity index (χ3v) is 2.20. The minimum Gasteiger partial charge on any atom is -0.491 e. The Labute approximate surface area is 95.9 Å². The van der Waals surface area contributed by atoms with Crippen LogP contribution in [0.5, 0.6) is 5.75 Å². The molecule has 0 saturated heterocycles. The molecule has 2 aromatic rings. The van der Waals surface area contributed by atoms with E-state index in [0.717, 1.165) is 16.9 Å². The third-order valence-electron chi connectivity index (χ3n) is 2.20. The van der Waals surface area contributed by atoms with Crippen LogP contribution in [-0.2, 0) is 0 Å². The summed E-state index contributed by atoms with van der Waals surface area (Å²) in [6, 6.07) is 12.0. The first-order valence-electron chi connectivity index (χ1n) is 5.43. The molecule has 0 amide bonds. The molecule has 82 valence electrons. The molecule has 0 fully saturated rings. The molecule has 0 radical (unpaired) electrons. The molecule has 1 aromatic heterocycles. The van der Waals surface area contributed by atoms with Crippen LogP contribution in [0.25, 0.3) is 11.1 Å². The summed E-state index contributed by atoms with van der Waals surface area (Å²) >= 11 is 0. The second-order valence-electron chi connectivity index (χ2n) is 3.94. The highest BCUT2D eigenvalue weighted by Crippen LogP contribution is 2.23. The van der Waals surface area contributed by atoms with Gasteiger partial charge in [-0.25, -0.2) is 0 Å². The predicted octanol–water partition coefficient (Wildman–Crippen LogP) is 3.54. The minimum absolute atomic E-state index is 0.198. The average Bonchev–Trinajstić information content (AvgIpc) is 2.30. The van der Waals surface area contributed by atoms with Gasteiger partial charge in [0.05, 0.1) is 6.10 Å². The number of ether oxygens (including phenoxy) is 1. The van der Waals surface area contributed by atoms with Gasteiger partial charge in [0.25, 0.3) is 0 Å². The minimum atomic E-state index is 0.198. The van der Waals surface area contributed by atoms with E-state index in [0.29, 0.717) is 0 Å². The number of hydrogen-bond donors (Lipinski definition) is 0. The number of nitrogens with zero attached hydrogens (tertiary/aromatic N) is 1. The molecular weight excluding hydrogens is 198 g/mol. The zero-order valence-corrected chi connectivity index (χ0v) is 9.55. The highest BCUT2D eigenvalue weighted by atomic mass is 16.5. The van der Waals surface area contributed by atoms with Crippen molar-refractivity contribution >= 4 is 0 Å². The SMILES string of the molecule is CC(C)Oc1cccc(-c2cccnc2)c1. The molecule has 0 N–H and O–H groups in total. The van der Waals surface area contributed by atoms with Crippen molar-refractivity contribution < 1.29 is 4.74 Å². The van der Waals surface area contributed by atoms with Gasteiger partial charge >= 0.3 is 0 Å². The Morgan fingerprint density at radius 3 is 2.56 bits per heavy atom. The van der Waals surface area contributed by atoms with Gasteiger partial charge in [0.1, 0.15) is 5.75 Å². The summed E-state index contributed by atoms with van der Waals surface area (Å²) in [6.07, 6.45) is 3.83. The maximum absolute atomic E-state index is 5.66. The van der Waals surface area contributed by atoms with Crippen LogP contribution in [0.15, 0.2) is 48.8 Å². The molecule has 0 saturated carbocycles. The summed E-state index contributed by atoms with van der Waals surface area (Å²) in [4.78, 5) is 4.11. The largest absolute Gasteiger partial charge is 0.491 e. The lowest BCUT2D eigenvalue weighted by Crippen LogP contribution is -2.05. The maximum Gasteiger partial charge on any atom is 0.120 e. The smallest absolute Gasteiger partial charge is 0.120 e. The Balaban J connectivity index is 2.29. The van der Waals surface area contributed by atoms with Crippen molar-refractivity contribution in [3.8, 4) is 16.9 Å². The summed E-state index contributed by atoms with van der Waals surface area (Å²) in [5, 5.41) is 0. The molecule has 2 nitrogen and oxygen atoms in total. The summed E-state index contributed by atoms with van der Waals surface area (Å²) in [5.74, 6) is 0.899. The predicted molar refractivity (Wildman–Crippen MR) is 65.4 cm³/mol. The van der Waals surface area contributed by atoms with Crippen LogP contribution in [0.4, 0.5) is 0 Å². The highest BCUT2D eigenvalue weighted by molar-refractivity contribution is 5.63. The van der Waals surface area contributed by atoms with Gasteiger partial charge in [-0.1, -0.05) is 18.2 Å². The molecule has 0 aliphatic carbocycles. The number of benzene rings is 1. The average molecular weight is 213 g/mol. The van der Waals surface area contributed by atoms with Crippen LogP contribution in [0.3, 0.4) is 0 Å². The van der Waals surface area contributed by atoms with E-state index in [4.69, 9.17) is 4.74 Å². The van der Waals surface area contributed by atoms with Crippen LogP contribution < -0.4 is 4.74 Å². The lowest BCUT2D eigenvalue weighted by Gasteiger charge is -2.10. The monoisotopic (exact) mass is 213 g/mol. The number of pyridine rings is 1. The van der Waals surface area contributed by atoms with E-state index in [1.54, 1.807) is 6.20 Å². The van der Waals surface area contributed by atoms with Gasteiger partial charge in [0, 0.05) is 18.0 Å². The Hall–Kier alpha value is -1.83. The van der Waals surface area contributed by atoms with E-state index < -0.39 is 0 Å². The lowest BCUT2D eigenvalue weighted by molar-refractivity contribution is 0.242. The van der Waals surface area contributed by atoms with Crippen molar-refractivity contribution in [2.45, 2.75) is 20.0 Å². The van der Waals surface area contributed by atoms with E-state index in [1.807, 2.05) is 50.4 Å². The Kier molecular flexibility index (Phi) is 3.20. The van der Waals surface area contributed by atoms with Crippen LogP contribution in [0.2, 0.25) is 0 Å². The third kappa shape index (κ3) is 2.60. The second-order valence-corrected chi connectivity index (χ2v) is 3.94. The number of hydrogen-bond acceptors (Lipinski definition) is 2. The van der Waals surface area contributed by atoms with Crippen molar-refractivity contribution in [2.75, 3.05) is 0 Å². The Morgan fingerprint density at radius 2 is 1.88 bits per heavy atom. The molecule has 2 heteroatoms. The zero-order chi connectivity index (χ0) is 11.4. The van der Waals surface area contributed by atoms with Crippen LogP contribution in [-0.4, -0.2) is 11.1 Å². The summed E-state index contributed by atoms with van der Waals surface area (Å²) in [5.41, 5.74) is 2.24. The van der Waals surface area contributed by atoms with E-state index in [9.17, 15) is 0 Å². The molecule has 0 bridgehead atoms. The number of rotatable bonds is 3. The summed E-state index contributed by atoms with van der Waals surface area (Å²) in [6.45, 7) is 4.05. The van der Waals surface area contributed by atoms with E-state index >= 15 is 0 Å². The van der Waals surface area contributed by atoms with Gasteiger partial charge in [-0.05, 0) is 37.6 Å². The van der Waals surface area contributed by atoms with Crippen molar-refractivity contribution in [1.29, 1.82) is 0 Å². The van der Waals surface area contributed by atoms with Crippen molar-refractivity contribution in [3.05, 3.63) is 48.8 Å². The molecule has 1 aromatic carbocycles. The van der Waals surface area contributed by atoms with Gasteiger partial charge in [0.15, 0.2) is 0 Å². The molecule has 0 aliphatic heterocycles. The molecular formula is C14H15NO. The molecule has 2 rings (SSSR count). The standard InChI is InChI=1S/C14H15NO/c1-11(2)16-14-7-3-5-12(9-14)13-6-4-8-15-10-13/h3-11H,1-2H3. The van der Waals surface area contributed by atoms with Gasteiger partial charge in [-0.2, -0.15) is 0 Å². The fourth-order valence-electron chi connectivity index (χ4n) is 1.55. The fourth-order valence-corrected chi connectivity index (χ4v) is 1.55. The zero-order valence-electron chi connectivity index (χ0n) is 9.55. The van der Waals surface area contributed by atoms with Gasteiger partial charge < -0.3 is 4.74 Å². The molecule has 0 atom stereocenters. The summed E-state index contributed by atoms with van der Waals surface area (Å²) in [7, 11) is 0. The van der Waals surface area contributed by atoms with Crippen LogP contribution in [0.1, 0.15) is 13.8 Å². The number of aromatic nitrogens is 1. The molecule has 0 spiro atoms.